The molecular weight excluding hydrogens is 476 g/mol. The molecule has 0 aromatic heterocycles. The van der Waals surface area contributed by atoms with E-state index in [-0.39, 0.29) is 5.97 Å². The summed E-state index contributed by atoms with van der Waals surface area (Å²) in [4.78, 5) is 11.9. The largest absolute Gasteiger partial charge is 0.466 e. The molecule has 0 bridgehead atoms. The van der Waals surface area contributed by atoms with Gasteiger partial charge in [-0.15, -0.1) is 0 Å². The second kappa shape index (κ2) is 33.4. The SMILES string of the molecule is CCCCCC/C=C\CCCCCCCC(=O)OCCCCCCCCCCCCCCCCCC(C)CC. The molecule has 0 aromatic rings. The number of rotatable bonds is 32. The number of carbonyl (C=O) groups is 1. The van der Waals surface area contributed by atoms with Crippen molar-refractivity contribution in [2.75, 3.05) is 6.61 Å². The highest BCUT2D eigenvalue weighted by Gasteiger charge is 2.03. The zero-order valence-electron chi connectivity index (χ0n) is 27.3. The average Bonchev–Trinajstić information content (AvgIpc) is 2.94. The molecule has 0 aliphatic rings. The molecule has 0 heterocycles. The summed E-state index contributed by atoms with van der Waals surface area (Å²) in [5.41, 5.74) is 0. The highest BCUT2D eigenvalue weighted by molar-refractivity contribution is 5.69. The van der Waals surface area contributed by atoms with Crippen molar-refractivity contribution >= 4 is 5.97 Å². The molecule has 0 aliphatic carbocycles. The summed E-state index contributed by atoms with van der Waals surface area (Å²) < 4.78 is 5.43. The monoisotopic (exact) mass is 549 g/mol. The van der Waals surface area contributed by atoms with Gasteiger partial charge in [0, 0.05) is 6.42 Å². The minimum atomic E-state index is 0.0163. The minimum Gasteiger partial charge on any atom is -0.466 e. The first kappa shape index (κ1) is 38.2. The van der Waals surface area contributed by atoms with Crippen LogP contribution in [0.3, 0.4) is 0 Å². The van der Waals surface area contributed by atoms with Gasteiger partial charge in [0.2, 0.25) is 0 Å². The molecular formula is C37H72O2. The molecule has 1 unspecified atom stereocenters. The summed E-state index contributed by atoms with van der Waals surface area (Å²) in [6.45, 7) is 7.59. The molecule has 0 rings (SSSR count). The van der Waals surface area contributed by atoms with E-state index in [9.17, 15) is 4.79 Å². The lowest BCUT2D eigenvalue weighted by Crippen LogP contribution is -2.05. The van der Waals surface area contributed by atoms with Crippen molar-refractivity contribution < 1.29 is 9.53 Å². The van der Waals surface area contributed by atoms with Crippen LogP contribution >= 0.6 is 0 Å². The molecule has 0 radical (unpaired) electrons. The molecule has 232 valence electrons. The molecule has 0 saturated carbocycles. The zero-order valence-corrected chi connectivity index (χ0v) is 27.3. The molecule has 0 spiro atoms. The van der Waals surface area contributed by atoms with Crippen LogP contribution in [-0.4, -0.2) is 12.6 Å². The number of allylic oxidation sites excluding steroid dienone is 2. The van der Waals surface area contributed by atoms with Crippen molar-refractivity contribution in [1.29, 1.82) is 0 Å². The fourth-order valence-corrected chi connectivity index (χ4v) is 5.34. The Kier molecular flexibility index (Phi) is 32.7. The van der Waals surface area contributed by atoms with Crippen molar-refractivity contribution in [1.82, 2.24) is 0 Å². The highest BCUT2D eigenvalue weighted by Crippen LogP contribution is 2.16. The first-order chi connectivity index (χ1) is 19.2. The number of hydrogen-bond acceptors (Lipinski definition) is 2. The molecule has 0 aliphatic heterocycles. The average molecular weight is 549 g/mol. The Bertz CT molecular complexity index is 498. The van der Waals surface area contributed by atoms with Crippen LogP contribution in [0, 0.1) is 5.92 Å². The fraction of sp³-hybridized carbons (Fsp3) is 0.919. The predicted molar refractivity (Wildman–Crippen MR) is 175 cm³/mol. The Morgan fingerprint density at radius 1 is 0.538 bits per heavy atom. The molecule has 0 amide bonds. The molecule has 2 nitrogen and oxygen atoms in total. The third-order valence-electron chi connectivity index (χ3n) is 8.44. The lowest BCUT2D eigenvalue weighted by molar-refractivity contribution is -0.143. The van der Waals surface area contributed by atoms with Crippen molar-refractivity contribution in [3.8, 4) is 0 Å². The van der Waals surface area contributed by atoms with Crippen LogP contribution in [0.25, 0.3) is 0 Å². The lowest BCUT2D eigenvalue weighted by atomic mass is 9.99. The van der Waals surface area contributed by atoms with E-state index in [2.05, 4.69) is 32.9 Å². The van der Waals surface area contributed by atoms with Crippen LogP contribution in [0.5, 0.6) is 0 Å². The number of ether oxygens (including phenoxy) is 1. The first-order valence-electron chi connectivity index (χ1n) is 18.0. The summed E-state index contributed by atoms with van der Waals surface area (Å²) in [6, 6.07) is 0. The van der Waals surface area contributed by atoms with E-state index >= 15 is 0 Å². The number of hydrogen-bond donors (Lipinski definition) is 0. The molecule has 0 fully saturated rings. The quantitative estimate of drug-likeness (QED) is 0.0474. The topological polar surface area (TPSA) is 26.3 Å². The van der Waals surface area contributed by atoms with Crippen molar-refractivity contribution in [3.05, 3.63) is 12.2 Å². The number of unbranched alkanes of at least 4 members (excludes halogenated alkanes) is 23. The van der Waals surface area contributed by atoms with Crippen LogP contribution < -0.4 is 0 Å². The number of esters is 1. The van der Waals surface area contributed by atoms with Gasteiger partial charge in [-0.2, -0.15) is 0 Å². The molecule has 2 heteroatoms. The third kappa shape index (κ3) is 33.3. The standard InChI is InChI=1S/C37H72O2/c1-4-6-7-8-9-10-11-15-19-22-25-28-31-34-37(38)39-35-32-29-26-23-20-17-14-12-13-16-18-21-24-27-30-33-36(3)5-2/h10-11,36H,4-9,12-35H2,1-3H3/b11-10-. The molecule has 1 atom stereocenters. The first-order valence-corrected chi connectivity index (χ1v) is 18.0. The Balaban J connectivity index is 3.19. The second-order valence-electron chi connectivity index (χ2n) is 12.5. The maximum Gasteiger partial charge on any atom is 0.305 e. The van der Waals surface area contributed by atoms with Crippen LogP contribution in [-0.2, 0) is 9.53 Å². The van der Waals surface area contributed by atoms with E-state index in [1.54, 1.807) is 0 Å². The molecule has 0 aromatic carbocycles. The summed E-state index contributed by atoms with van der Waals surface area (Å²) >= 11 is 0. The van der Waals surface area contributed by atoms with Crippen LogP contribution in [0.1, 0.15) is 207 Å². The minimum absolute atomic E-state index is 0.0163. The van der Waals surface area contributed by atoms with Gasteiger partial charge in [0.15, 0.2) is 0 Å². The lowest BCUT2D eigenvalue weighted by Gasteiger charge is -2.07. The van der Waals surface area contributed by atoms with Gasteiger partial charge in [-0.25, -0.2) is 0 Å². The van der Waals surface area contributed by atoms with Crippen LogP contribution in [0.15, 0.2) is 12.2 Å². The summed E-state index contributed by atoms with van der Waals surface area (Å²) in [6.07, 6.45) is 42.6. The zero-order chi connectivity index (χ0) is 28.5. The maximum absolute atomic E-state index is 11.9. The van der Waals surface area contributed by atoms with Gasteiger partial charge in [-0.3, -0.25) is 4.79 Å². The van der Waals surface area contributed by atoms with Crippen molar-refractivity contribution in [3.63, 3.8) is 0 Å². The van der Waals surface area contributed by atoms with Gasteiger partial charge in [0.25, 0.3) is 0 Å². The highest BCUT2D eigenvalue weighted by atomic mass is 16.5. The number of carbonyl (C=O) groups excluding carboxylic acids is 1. The van der Waals surface area contributed by atoms with E-state index in [1.165, 1.54) is 161 Å². The smallest absolute Gasteiger partial charge is 0.305 e. The summed E-state index contributed by atoms with van der Waals surface area (Å²) in [5, 5.41) is 0. The van der Waals surface area contributed by atoms with E-state index in [0.29, 0.717) is 13.0 Å². The Labute approximate surface area is 246 Å². The Hall–Kier alpha value is -0.790. The third-order valence-corrected chi connectivity index (χ3v) is 8.44. The Morgan fingerprint density at radius 2 is 0.949 bits per heavy atom. The predicted octanol–water partition coefficient (Wildman–Crippen LogP) is 13.1. The van der Waals surface area contributed by atoms with Gasteiger partial charge in [0.05, 0.1) is 6.61 Å². The summed E-state index contributed by atoms with van der Waals surface area (Å²) in [7, 11) is 0. The molecule has 39 heavy (non-hydrogen) atoms. The second-order valence-corrected chi connectivity index (χ2v) is 12.5. The normalized spacial score (nSPS) is 12.4. The Morgan fingerprint density at radius 3 is 1.44 bits per heavy atom. The van der Waals surface area contributed by atoms with Gasteiger partial charge >= 0.3 is 5.97 Å². The van der Waals surface area contributed by atoms with Crippen LogP contribution in [0.2, 0.25) is 0 Å². The fourth-order valence-electron chi connectivity index (χ4n) is 5.34. The summed E-state index contributed by atoms with van der Waals surface area (Å²) in [5.74, 6) is 0.944. The van der Waals surface area contributed by atoms with Gasteiger partial charge < -0.3 is 4.74 Å². The van der Waals surface area contributed by atoms with Gasteiger partial charge in [-0.05, 0) is 44.4 Å². The van der Waals surface area contributed by atoms with E-state index < -0.39 is 0 Å². The van der Waals surface area contributed by atoms with Gasteiger partial charge in [0.1, 0.15) is 0 Å². The van der Waals surface area contributed by atoms with Crippen LogP contribution in [0.4, 0.5) is 0 Å². The van der Waals surface area contributed by atoms with E-state index in [1.807, 2.05) is 0 Å². The maximum atomic E-state index is 11.9. The van der Waals surface area contributed by atoms with Gasteiger partial charge in [-0.1, -0.05) is 174 Å². The molecule has 0 N–H and O–H groups in total. The van der Waals surface area contributed by atoms with Crippen molar-refractivity contribution in [2.24, 2.45) is 5.92 Å². The molecule has 0 saturated heterocycles. The van der Waals surface area contributed by atoms with Crippen molar-refractivity contribution in [2.45, 2.75) is 207 Å². The van der Waals surface area contributed by atoms with E-state index in [0.717, 1.165) is 25.2 Å². The van der Waals surface area contributed by atoms with E-state index in [4.69, 9.17) is 4.74 Å².